The van der Waals surface area contributed by atoms with E-state index in [1.54, 1.807) is 24.3 Å². The molecule has 8 heteroatoms. The van der Waals surface area contributed by atoms with E-state index in [4.69, 9.17) is 11.6 Å². The molecule has 158 valence electrons. The fraction of sp³-hybridized carbons (Fsp3) is 0.174. The molecular formula is C23H19ClFN3O2S. The number of fused-ring (bicyclic) bond motifs is 1. The minimum atomic E-state index is -0.577. The van der Waals surface area contributed by atoms with Gasteiger partial charge in [0.05, 0.1) is 27.4 Å². The fourth-order valence-electron chi connectivity index (χ4n) is 3.41. The Morgan fingerprint density at radius 1 is 1.16 bits per heavy atom. The molecule has 0 N–H and O–H groups in total. The van der Waals surface area contributed by atoms with Gasteiger partial charge in [-0.3, -0.25) is 14.2 Å². The molecule has 31 heavy (non-hydrogen) atoms. The Balaban J connectivity index is 1.79. The van der Waals surface area contributed by atoms with Gasteiger partial charge in [0.2, 0.25) is 0 Å². The van der Waals surface area contributed by atoms with E-state index < -0.39 is 5.82 Å². The average molecular weight is 456 g/mol. The lowest BCUT2D eigenvalue weighted by Gasteiger charge is -2.13. The third-order valence-corrected chi connectivity index (χ3v) is 6.54. The van der Waals surface area contributed by atoms with Gasteiger partial charge in [-0.25, -0.2) is 9.37 Å². The van der Waals surface area contributed by atoms with Gasteiger partial charge in [-0.2, -0.15) is 0 Å². The number of hydrogen-bond acceptors (Lipinski definition) is 4. The predicted octanol–water partition coefficient (Wildman–Crippen LogP) is 5.11. The molecule has 0 aliphatic rings. The Morgan fingerprint density at radius 2 is 1.90 bits per heavy atom. The van der Waals surface area contributed by atoms with Crippen molar-refractivity contribution in [3.8, 4) is 5.69 Å². The number of hydrogen-bond donors (Lipinski definition) is 0. The maximum absolute atomic E-state index is 13.7. The summed E-state index contributed by atoms with van der Waals surface area (Å²) in [4.78, 5) is 30.7. The molecule has 2 heterocycles. The summed E-state index contributed by atoms with van der Waals surface area (Å²) in [5, 5.41) is 0.665. The molecule has 0 aliphatic carbocycles. The zero-order valence-electron chi connectivity index (χ0n) is 17.1. The first-order valence-electron chi connectivity index (χ1n) is 9.54. The number of ketones is 1. The zero-order chi connectivity index (χ0) is 22.3. The van der Waals surface area contributed by atoms with Crippen LogP contribution >= 0.6 is 23.4 Å². The normalized spacial score (nSPS) is 11.3. The van der Waals surface area contributed by atoms with E-state index in [2.05, 4.69) is 4.98 Å². The van der Waals surface area contributed by atoms with Crippen molar-refractivity contribution in [3.63, 3.8) is 0 Å². The highest BCUT2D eigenvalue weighted by atomic mass is 35.5. The lowest BCUT2D eigenvalue weighted by Crippen LogP contribution is -2.22. The van der Waals surface area contributed by atoms with Gasteiger partial charge >= 0.3 is 0 Å². The number of nitrogens with zero attached hydrogens (tertiary/aromatic N) is 3. The number of halogens is 2. The molecular weight excluding hydrogens is 437 g/mol. The van der Waals surface area contributed by atoms with Gasteiger partial charge in [-0.1, -0.05) is 35.5 Å². The van der Waals surface area contributed by atoms with Crippen LogP contribution in [-0.2, 0) is 7.05 Å². The van der Waals surface area contributed by atoms with E-state index in [0.717, 1.165) is 23.1 Å². The van der Waals surface area contributed by atoms with Crippen molar-refractivity contribution in [2.24, 2.45) is 7.05 Å². The molecule has 4 rings (SSSR count). The van der Waals surface area contributed by atoms with Crippen LogP contribution in [0, 0.1) is 19.7 Å². The molecule has 2 aromatic heterocycles. The first-order chi connectivity index (χ1) is 14.8. The van der Waals surface area contributed by atoms with Crippen molar-refractivity contribution in [1.29, 1.82) is 0 Å². The zero-order valence-corrected chi connectivity index (χ0v) is 18.7. The molecule has 0 saturated carbocycles. The van der Waals surface area contributed by atoms with Gasteiger partial charge in [-0.05, 0) is 50.2 Å². The molecule has 0 amide bonds. The van der Waals surface area contributed by atoms with E-state index in [-0.39, 0.29) is 22.1 Å². The SMILES string of the molecule is Cc1cc(C(=O)CSc2nc3ccccc3c(=O)n2-c2ccc(F)c(Cl)c2)c(C)n1C. The van der Waals surface area contributed by atoms with E-state index in [1.807, 2.05) is 31.5 Å². The van der Waals surface area contributed by atoms with E-state index in [1.165, 1.54) is 22.8 Å². The molecule has 0 spiro atoms. The fourth-order valence-corrected chi connectivity index (χ4v) is 4.48. The number of para-hydroxylation sites is 1. The summed E-state index contributed by atoms with van der Waals surface area (Å²) in [5.74, 6) is -0.534. The number of carbonyl (C=O) groups excluding carboxylic acids is 1. The van der Waals surface area contributed by atoms with Crippen LogP contribution in [0.2, 0.25) is 5.02 Å². The third kappa shape index (κ3) is 3.91. The molecule has 0 bridgehead atoms. The summed E-state index contributed by atoms with van der Waals surface area (Å²) in [6.45, 7) is 3.84. The Morgan fingerprint density at radius 3 is 2.58 bits per heavy atom. The van der Waals surface area contributed by atoms with Crippen LogP contribution in [0.5, 0.6) is 0 Å². The van der Waals surface area contributed by atoms with Crippen LogP contribution < -0.4 is 5.56 Å². The van der Waals surface area contributed by atoms with Gasteiger partial charge in [0, 0.05) is 24.0 Å². The van der Waals surface area contributed by atoms with Gasteiger partial charge in [0.15, 0.2) is 10.9 Å². The van der Waals surface area contributed by atoms with Gasteiger partial charge in [-0.15, -0.1) is 0 Å². The van der Waals surface area contributed by atoms with Gasteiger partial charge in [0.25, 0.3) is 5.56 Å². The number of Topliss-reactive ketones (excluding diaryl/α,β-unsaturated/α-hetero) is 1. The lowest BCUT2D eigenvalue weighted by atomic mass is 10.2. The van der Waals surface area contributed by atoms with Crippen molar-refractivity contribution >= 4 is 40.0 Å². The Bertz CT molecular complexity index is 1390. The Labute approximate surface area is 187 Å². The second-order valence-electron chi connectivity index (χ2n) is 7.21. The molecule has 0 unspecified atom stereocenters. The van der Waals surface area contributed by atoms with E-state index in [9.17, 15) is 14.0 Å². The minimum absolute atomic E-state index is 0.0581. The number of thioether (sulfide) groups is 1. The smallest absolute Gasteiger partial charge is 0.266 e. The maximum Gasteiger partial charge on any atom is 0.266 e. The quantitative estimate of drug-likeness (QED) is 0.238. The minimum Gasteiger partial charge on any atom is -0.351 e. The number of benzene rings is 2. The van der Waals surface area contributed by atoms with Crippen molar-refractivity contribution in [3.05, 3.63) is 86.7 Å². The molecule has 4 aromatic rings. The first kappa shape index (κ1) is 21.3. The number of aryl methyl sites for hydroxylation is 1. The molecule has 5 nitrogen and oxygen atoms in total. The van der Waals surface area contributed by atoms with Crippen LogP contribution in [0.15, 0.2) is 58.5 Å². The first-order valence-corrected chi connectivity index (χ1v) is 10.9. The summed E-state index contributed by atoms with van der Waals surface area (Å²) in [7, 11) is 1.91. The van der Waals surface area contributed by atoms with E-state index >= 15 is 0 Å². The van der Waals surface area contributed by atoms with Crippen molar-refractivity contribution in [1.82, 2.24) is 14.1 Å². The van der Waals surface area contributed by atoms with Crippen LogP contribution in [0.4, 0.5) is 4.39 Å². The van der Waals surface area contributed by atoms with Crippen molar-refractivity contribution in [2.75, 3.05) is 5.75 Å². The standard InChI is InChI=1S/C23H19ClFN3O2S/c1-13-10-17(14(2)27(13)3)21(29)12-31-23-26-20-7-5-4-6-16(20)22(30)28(23)15-8-9-19(25)18(24)11-15/h4-11H,12H2,1-3H3. The van der Waals surface area contributed by atoms with E-state index in [0.29, 0.717) is 27.3 Å². The largest absolute Gasteiger partial charge is 0.351 e. The molecule has 0 saturated heterocycles. The monoisotopic (exact) mass is 455 g/mol. The molecule has 0 atom stereocenters. The highest BCUT2D eigenvalue weighted by Crippen LogP contribution is 2.25. The summed E-state index contributed by atoms with van der Waals surface area (Å²) in [5.41, 5.74) is 3.13. The van der Waals surface area contributed by atoms with Crippen LogP contribution in [0.25, 0.3) is 16.6 Å². The summed E-state index contributed by atoms with van der Waals surface area (Å²) in [6.07, 6.45) is 0. The topological polar surface area (TPSA) is 56.9 Å². The number of carbonyl (C=O) groups is 1. The van der Waals surface area contributed by atoms with Crippen molar-refractivity contribution < 1.29 is 9.18 Å². The Kier molecular flexibility index (Phi) is 5.73. The van der Waals surface area contributed by atoms with Gasteiger partial charge < -0.3 is 4.57 Å². The second-order valence-corrected chi connectivity index (χ2v) is 8.56. The Hall–Kier alpha value is -2.90. The lowest BCUT2D eigenvalue weighted by molar-refractivity contribution is 0.102. The molecule has 0 aliphatic heterocycles. The number of rotatable bonds is 5. The van der Waals surface area contributed by atoms with Crippen LogP contribution in [-0.4, -0.2) is 25.7 Å². The average Bonchev–Trinajstić information content (AvgIpc) is 3.01. The number of aromatic nitrogens is 3. The molecule has 0 radical (unpaired) electrons. The summed E-state index contributed by atoms with van der Waals surface area (Å²) in [6, 6.07) is 12.9. The highest BCUT2D eigenvalue weighted by molar-refractivity contribution is 7.99. The second kappa shape index (κ2) is 8.32. The van der Waals surface area contributed by atoms with Crippen LogP contribution in [0.3, 0.4) is 0 Å². The summed E-state index contributed by atoms with van der Waals surface area (Å²) < 4.78 is 17.0. The molecule has 0 fully saturated rings. The third-order valence-electron chi connectivity index (χ3n) is 5.31. The predicted molar refractivity (Wildman–Crippen MR) is 122 cm³/mol. The van der Waals surface area contributed by atoms with Crippen LogP contribution in [0.1, 0.15) is 21.7 Å². The van der Waals surface area contributed by atoms with Crippen molar-refractivity contribution in [2.45, 2.75) is 19.0 Å². The molecule has 2 aromatic carbocycles. The van der Waals surface area contributed by atoms with Gasteiger partial charge in [0.1, 0.15) is 5.82 Å². The highest BCUT2D eigenvalue weighted by Gasteiger charge is 2.18. The maximum atomic E-state index is 13.7. The summed E-state index contributed by atoms with van der Waals surface area (Å²) >= 11 is 7.12.